The molecule has 0 fully saturated rings. The fourth-order valence-electron chi connectivity index (χ4n) is 2.44. The van der Waals surface area contributed by atoms with E-state index in [9.17, 15) is 9.59 Å². The van der Waals surface area contributed by atoms with E-state index in [1.165, 1.54) is 13.3 Å². The topological polar surface area (TPSA) is 68.3 Å². The molecule has 5 nitrogen and oxygen atoms in total. The van der Waals surface area contributed by atoms with Crippen molar-refractivity contribution in [3.63, 3.8) is 0 Å². The largest absolute Gasteiger partial charge is 0.467 e. The van der Waals surface area contributed by atoms with Gasteiger partial charge in [0.1, 0.15) is 11.7 Å². The van der Waals surface area contributed by atoms with E-state index in [-0.39, 0.29) is 5.69 Å². The second-order valence-electron chi connectivity index (χ2n) is 5.34. The molecule has 1 aromatic heterocycles. The number of aromatic nitrogens is 1. The third kappa shape index (κ3) is 4.16. The maximum Gasteiger partial charge on any atom is 0.328 e. The minimum absolute atomic E-state index is 0.267. The van der Waals surface area contributed by atoms with Gasteiger partial charge in [0, 0.05) is 12.6 Å². The van der Waals surface area contributed by atoms with Gasteiger partial charge in [-0.2, -0.15) is 0 Å². The maximum atomic E-state index is 12.3. The number of aryl methyl sites for hydroxylation is 2. The number of hydrogen-bond acceptors (Lipinski definition) is 4. The maximum absolute atomic E-state index is 12.3. The number of benzene rings is 1. The van der Waals surface area contributed by atoms with Crippen molar-refractivity contribution in [2.75, 3.05) is 7.11 Å². The molecule has 0 spiro atoms. The summed E-state index contributed by atoms with van der Waals surface area (Å²) in [7, 11) is 1.31. The highest BCUT2D eigenvalue weighted by molar-refractivity contribution is 5.95. The van der Waals surface area contributed by atoms with Crippen LogP contribution in [-0.4, -0.2) is 30.0 Å². The number of methoxy groups -OCH3 is 1. The van der Waals surface area contributed by atoms with Crippen LogP contribution in [0.25, 0.3) is 0 Å². The smallest absolute Gasteiger partial charge is 0.328 e. The predicted molar refractivity (Wildman–Crippen MR) is 87.1 cm³/mol. The highest BCUT2D eigenvalue weighted by Gasteiger charge is 2.24. The number of carbonyl (C=O) groups excluding carboxylic acids is 2. The van der Waals surface area contributed by atoms with Gasteiger partial charge in [-0.05, 0) is 42.7 Å². The van der Waals surface area contributed by atoms with Gasteiger partial charge >= 0.3 is 5.97 Å². The molecule has 0 aliphatic rings. The standard InChI is InChI=1S/C18H20N2O3/c1-12-7-6-8-13(2)14(12)11-16(18(22)23-3)20-17(21)15-9-4-5-10-19-15/h4-10,16H,11H2,1-3H3,(H,20,21)/t16-/m1/s1. The number of ether oxygens (including phenoxy) is 1. The van der Waals surface area contributed by atoms with E-state index >= 15 is 0 Å². The van der Waals surface area contributed by atoms with Gasteiger partial charge in [0.15, 0.2) is 0 Å². The second kappa shape index (κ2) is 7.54. The van der Waals surface area contributed by atoms with Crippen LogP contribution in [0.3, 0.4) is 0 Å². The highest BCUT2D eigenvalue weighted by Crippen LogP contribution is 2.16. The number of esters is 1. The van der Waals surface area contributed by atoms with E-state index in [0.29, 0.717) is 6.42 Å². The highest BCUT2D eigenvalue weighted by atomic mass is 16.5. The molecule has 1 aromatic carbocycles. The van der Waals surface area contributed by atoms with E-state index in [1.807, 2.05) is 32.0 Å². The lowest BCUT2D eigenvalue weighted by Crippen LogP contribution is -2.43. The average molecular weight is 312 g/mol. The lowest BCUT2D eigenvalue weighted by atomic mass is 9.96. The lowest BCUT2D eigenvalue weighted by Gasteiger charge is -2.19. The molecule has 2 rings (SSSR count). The first-order chi connectivity index (χ1) is 11.0. The molecule has 0 radical (unpaired) electrons. The van der Waals surface area contributed by atoms with Gasteiger partial charge in [-0.1, -0.05) is 24.3 Å². The number of carbonyl (C=O) groups is 2. The summed E-state index contributed by atoms with van der Waals surface area (Å²) in [6.07, 6.45) is 1.91. The summed E-state index contributed by atoms with van der Waals surface area (Å²) < 4.78 is 4.83. The van der Waals surface area contributed by atoms with Crippen LogP contribution < -0.4 is 5.32 Å². The fraction of sp³-hybridized carbons (Fsp3) is 0.278. The van der Waals surface area contributed by atoms with Gasteiger partial charge in [-0.15, -0.1) is 0 Å². The summed E-state index contributed by atoms with van der Waals surface area (Å²) in [6.45, 7) is 3.97. The van der Waals surface area contributed by atoms with Crippen LogP contribution in [0.4, 0.5) is 0 Å². The number of nitrogens with zero attached hydrogens (tertiary/aromatic N) is 1. The molecule has 0 aliphatic heterocycles. The van der Waals surface area contributed by atoms with Crippen molar-refractivity contribution in [3.8, 4) is 0 Å². The minimum Gasteiger partial charge on any atom is -0.467 e. The number of hydrogen-bond donors (Lipinski definition) is 1. The van der Waals surface area contributed by atoms with E-state index in [1.54, 1.807) is 18.2 Å². The molecule has 1 N–H and O–H groups in total. The van der Waals surface area contributed by atoms with Gasteiger partial charge in [-0.3, -0.25) is 9.78 Å². The second-order valence-corrected chi connectivity index (χ2v) is 5.34. The molecule has 1 amide bonds. The molecular weight excluding hydrogens is 292 g/mol. The summed E-state index contributed by atoms with van der Waals surface area (Å²) >= 11 is 0. The average Bonchev–Trinajstić information content (AvgIpc) is 2.57. The van der Waals surface area contributed by atoms with Crippen LogP contribution in [0.2, 0.25) is 0 Å². The van der Waals surface area contributed by atoms with Gasteiger partial charge in [0.05, 0.1) is 7.11 Å². The molecule has 1 heterocycles. The summed E-state index contributed by atoms with van der Waals surface area (Å²) in [6, 6.07) is 10.2. The van der Waals surface area contributed by atoms with Crippen LogP contribution in [0.1, 0.15) is 27.2 Å². The monoisotopic (exact) mass is 312 g/mol. The minimum atomic E-state index is -0.755. The zero-order chi connectivity index (χ0) is 16.8. The first-order valence-electron chi connectivity index (χ1n) is 7.37. The lowest BCUT2D eigenvalue weighted by molar-refractivity contribution is -0.142. The van der Waals surface area contributed by atoms with Crippen molar-refractivity contribution in [1.82, 2.24) is 10.3 Å². The number of pyridine rings is 1. The van der Waals surface area contributed by atoms with Crippen LogP contribution in [-0.2, 0) is 16.0 Å². The van der Waals surface area contributed by atoms with Crippen molar-refractivity contribution in [2.24, 2.45) is 0 Å². The number of rotatable bonds is 5. The predicted octanol–water partition coefficient (Wildman–Crippen LogP) is 2.21. The SMILES string of the molecule is COC(=O)[C@@H](Cc1c(C)cccc1C)NC(=O)c1ccccn1. The zero-order valence-electron chi connectivity index (χ0n) is 13.5. The van der Waals surface area contributed by atoms with E-state index < -0.39 is 17.9 Å². The normalized spacial score (nSPS) is 11.6. The van der Waals surface area contributed by atoms with Crippen LogP contribution >= 0.6 is 0 Å². The van der Waals surface area contributed by atoms with E-state index in [2.05, 4.69) is 10.3 Å². The third-order valence-electron chi connectivity index (χ3n) is 3.74. The Morgan fingerprint density at radius 3 is 2.39 bits per heavy atom. The van der Waals surface area contributed by atoms with Crippen LogP contribution in [0.5, 0.6) is 0 Å². The molecule has 0 unspecified atom stereocenters. The summed E-state index contributed by atoms with van der Waals surface area (Å²) in [5.41, 5.74) is 3.45. The molecule has 2 aromatic rings. The first kappa shape index (κ1) is 16.7. The van der Waals surface area contributed by atoms with Crippen molar-refractivity contribution >= 4 is 11.9 Å². The summed E-state index contributed by atoms with van der Waals surface area (Å²) in [5.74, 6) is -0.871. The third-order valence-corrected chi connectivity index (χ3v) is 3.74. The fourth-order valence-corrected chi connectivity index (χ4v) is 2.44. The van der Waals surface area contributed by atoms with Crippen LogP contribution in [0.15, 0.2) is 42.6 Å². The van der Waals surface area contributed by atoms with E-state index in [0.717, 1.165) is 16.7 Å². The van der Waals surface area contributed by atoms with Crippen molar-refractivity contribution in [1.29, 1.82) is 0 Å². The number of amides is 1. The Labute approximate surface area is 135 Å². The van der Waals surface area contributed by atoms with Crippen molar-refractivity contribution in [2.45, 2.75) is 26.3 Å². The van der Waals surface area contributed by atoms with Gasteiger partial charge in [-0.25, -0.2) is 4.79 Å². The van der Waals surface area contributed by atoms with Gasteiger partial charge in [0.2, 0.25) is 0 Å². The molecule has 23 heavy (non-hydrogen) atoms. The Balaban J connectivity index is 2.21. The Morgan fingerprint density at radius 2 is 1.83 bits per heavy atom. The molecule has 1 atom stereocenters. The molecule has 5 heteroatoms. The van der Waals surface area contributed by atoms with Crippen molar-refractivity contribution in [3.05, 3.63) is 65.0 Å². The van der Waals surface area contributed by atoms with Gasteiger partial charge in [0.25, 0.3) is 5.91 Å². The Kier molecular flexibility index (Phi) is 5.46. The Bertz CT molecular complexity index is 678. The number of nitrogens with one attached hydrogen (secondary N) is 1. The first-order valence-corrected chi connectivity index (χ1v) is 7.37. The molecule has 0 saturated heterocycles. The molecule has 0 aliphatic carbocycles. The van der Waals surface area contributed by atoms with Crippen molar-refractivity contribution < 1.29 is 14.3 Å². The molecular formula is C18H20N2O3. The zero-order valence-corrected chi connectivity index (χ0v) is 13.5. The summed E-state index contributed by atoms with van der Waals surface area (Å²) in [5, 5.41) is 2.71. The Morgan fingerprint density at radius 1 is 1.13 bits per heavy atom. The Hall–Kier alpha value is -2.69. The molecule has 120 valence electrons. The van der Waals surface area contributed by atoms with E-state index in [4.69, 9.17) is 4.74 Å². The molecule has 0 bridgehead atoms. The summed E-state index contributed by atoms with van der Waals surface area (Å²) in [4.78, 5) is 28.3. The quantitative estimate of drug-likeness (QED) is 0.860. The van der Waals surface area contributed by atoms with Crippen LogP contribution in [0, 0.1) is 13.8 Å². The molecule has 0 saturated carbocycles. The van der Waals surface area contributed by atoms with Gasteiger partial charge < -0.3 is 10.1 Å².